The molecule has 1 aromatic carbocycles. The predicted octanol–water partition coefficient (Wildman–Crippen LogP) is 3.15. The third kappa shape index (κ3) is 4.91. The van der Waals surface area contributed by atoms with Crippen LogP contribution in [0.15, 0.2) is 29.2 Å². The maximum absolute atomic E-state index is 12.3. The predicted molar refractivity (Wildman–Crippen MR) is 66.0 cm³/mol. The summed E-state index contributed by atoms with van der Waals surface area (Å²) >= 11 is 0.324. The van der Waals surface area contributed by atoms with Crippen LogP contribution in [0.3, 0.4) is 0 Å². The Hall–Kier alpha value is -0.820. The van der Waals surface area contributed by atoms with Crippen molar-refractivity contribution in [3.8, 4) is 0 Å². The van der Waals surface area contributed by atoms with Crippen molar-refractivity contribution in [3.05, 3.63) is 24.3 Å². The highest BCUT2D eigenvalue weighted by Crippen LogP contribution is 2.32. The summed E-state index contributed by atoms with van der Waals surface area (Å²) in [5, 5.41) is 0. The molecule has 0 aliphatic heterocycles. The number of halogens is 2. The Kier molecular flexibility index (Phi) is 5.20. The fourth-order valence-electron chi connectivity index (χ4n) is 1.24. The van der Waals surface area contributed by atoms with Crippen LogP contribution in [0.4, 0.5) is 14.5 Å². The van der Waals surface area contributed by atoms with Gasteiger partial charge in [0, 0.05) is 4.90 Å². The SMILES string of the molecule is CCCS(=O)(=O)Nc1ccccc1SC(F)F. The van der Waals surface area contributed by atoms with Gasteiger partial charge in [0.1, 0.15) is 0 Å². The van der Waals surface area contributed by atoms with E-state index < -0.39 is 15.8 Å². The molecule has 7 heteroatoms. The molecule has 0 amide bonds. The number of benzene rings is 1. The molecule has 0 heterocycles. The second-order valence-electron chi connectivity index (χ2n) is 3.30. The Morgan fingerprint density at radius 2 is 2.00 bits per heavy atom. The van der Waals surface area contributed by atoms with Crippen LogP contribution in [-0.4, -0.2) is 19.9 Å². The van der Waals surface area contributed by atoms with Crippen molar-refractivity contribution in [2.75, 3.05) is 10.5 Å². The molecule has 1 N–H and O–H groups in total. The number of anilines is 1. The van der Waals surface area contributed by atoms with Gasteiger partial charge < -0.3 is 0 Å². The Balaban J connectivity index is 2.90. The largest absolute Gasteiger partial charge is 0.288 e. The highest BCUT2D eigenvalue weighted by atomic mass is 32.2. The van der Waals surface area contributed by atoms with Crippen LogP contribution in [0.5, 0.6) is 0 Å². The number of alkyl halides is 2. The number of rotatable bonds is 6. The van der Waals surface area contributed by atoms with Crippen LogP contribution in [0.2, 0.25) is 0 Å². The van der Waals surface area contributed by atoms with E-state index >= 15 is 0 Å². The third-order valence-corrected chi connectivity index (χ3v) is 4.11. The monoisotopic (exact) mass is 281 g/mol. The molecule has 0 aliphatic carbocycles. The van der Waals surface area contributed by atoms with Gasteiger partial charge in [0.05, 0.1) is 11.4 Å². The highest BCUT2D eigenvalue weighted by Gasteiger charge is 2.14. The van der Waals surface area contributed by atoms with Crippen LogP contribution in [0, 0.1) is 0 Å². The normalized spacial score (nSPS) is 11.8. The van der Waals surface area contributed by atoms with Gasteiger partial charge in [-0.1, -0.05) is 30.8 Å². The number of sulfonamides is 1. The topological polar surface area (TPSA) is 46.2 Å². The van der Waals surface area contributed by atoms with E-state index in [1.165, 1.54) is 12.1 Å². The fourth-order valence-corrected chi connectivity index (χ4v) is 3.05. The lowest BCUT2D eigenvalue weighted by Gasteiger charge is -2.11. The van der Waals surface area contributed by atoms with Gasteiger partial charge in [0.2, 0.25) is 10.0 Å². The standard InChI is InChI=1S/C10H13F2NO2S2/c1-2-7-17(14,15)13-8-5-3-4-6-9(8)16-10(11)12/h3-6,10,13H,2,7H2,1H3. The molecule has 0 unspecified atom stereocenters. The number of nitrogens with one attached hydrogen (secondary N) is 1. The van der Waals surface area contributed by atoms with Crippen molar-refractivity contribution in [2.24, 2.45) is 0 Å². The van der Waals surface area contributed by atoms with Gasteiger partial charge in [0.15, 0.2) is 0 Å². The van der Waals surface area contributed by atoms with Gasteiger partial charge >= 0.3 is 0 Å². The van der Waals surface area contributed by atoms with E-state index in [0.29, 0.717) is 18.2 Å². The second kappa shape index (κ2) is 6.20. The first-order valence-corrected chi connectivity index (χ1v) is 7.52. The lowest BCUT2D eigenvalue weighted by Crippen LogP contribution is -2.16. The molecule has 3 nitrogen and oxygen atoms in total. The Bertz CT molecular complexity index is 463. The summed E-state index contributed by atoms with van der Waals surface area (Å²) < 4.78 is 49.9. The Labute approximate surface area is 104 Å². The lowest BCUT2D eigenvalue weighted by atomic mass is 10.3. The van der Waals surface area contributed by atoms with Crippen molar-refractivity contribution in [1.82, 2.24) is 0 Å². The number of hydrogen-bond donors (Lipinski definition) is 1. The number of thioether (sulfide) groups is 1. The summed E-state index contributed by atoms with van der Waals surface area (Å²) in [4.78, 5) is 0.224. The molecule has 96 valence electrons. The molecular formula is C10H13F2NO2S2. The summed E-state index contributed by atoms with van der Waals surface area (Å²) in [5.74, 6) is -2.60. The highest BCUT2D eigenvalue weighted by molar-refractivity contribution is 7.99. The van der Waals surface area contributed by atoms with Gasteiger partial charge in [-0.25, -0.2) is 8.42 Å². The minimum Gasteiger partial charge on any atom is -0.282 e. The van der Waals surface area contributed by atoms with Crippen molar-refractivity contribution in [3.63, 3.8) is 0 Å². The van der Waals surface area contributed by atoms with Gasteiger partial charge in [-0.3, -0.25) is 4.72 Å². The van der Waals surface area contributed by atoms with Crippen molar-refractivity contribution in [2.45, 2.75) is 24.0 Å². The summed E-state index contributed by atoms with van der Waals surface area (Å²) in [6.07, 6.45) is 0.472. The molecule has 0 radical (unpaired) electrons. The third-order valence-electron chi connectivity index (χ3n) is 1.84. The quantitative estimate of drug-likeness (QED) is 0.815. The summed E-state index contributed by atoms with van der Waals surface area (Å²) in [6.45, 7) is 1.74. The van der Waals surface area contributed by atoms with Crippen LogP contribution in [-0.2, 0) is 10.0 Å². The lowest BCUT2D eigenvalue weighted by molar-refractivity contribution is 0.252. The first-order chi connectivity index (χ1) is 7.94. The van der Waals surface area contributed by atoms with Gasteiger partial charge in [-0.2, -0.15) is 8.78 Å². The van der Waals surface area contributed by atoms with Crippen LogP contribution >= 0.6 is 11.8 Å². The molecule has 1 aromatic rings. The molecular weight excluding hydrogens is 268 g/mol. The molecule has 0 atom stereocenters. The zero-order valence-corrected chi connectivity index (χ0v) is 10.8. The van der Waals surface area contributed by atoms with Crippen molar-refractivity contribution < 1.29 is 17.2 Å². The van der Waals surface area contributed by atoms with Gasteiger partial charge in [0.25, 0.3) is 5.76 Å². The molecule has 0 fully saturated rings. The molecule has 0 aromatic heterocycles. The Morgan fingerprint density at radius 3 is 2.59 bits per heavy atom. The van der Waals surface area contributed by atoms with E-state index in [4.69, 9.17) is 0 Å². The van der Waals surface area contributed by atoms with Crippen molar-refractivity contribution >= 4 is 27.5 Å². The first kappa shape index (κ1) is 14.2. The smallest absolute Gasteiger partial charge is 0.282 e. The molecule has 0 saturated heterocycles. The van der Waals surface area contributed by atoms with E-state index in [1.54, 1.807) is 19.1 Å². The molecule has 0 bridgehead atoms. The van der Waals surface area contributed by atoms with Gasteiger partial charge in [-0.15, -0.1) is 0 Å². The van der Waals surface area contributed by atoms with E-state index in [-0.39, 0.29) is 16.3 Å². The maximum atomic E-state index is 12.3. The maximum Gasteiger partial charge on any atom is 0.288 e. The Morgan fingerprint density at radius 1 is 1.35 bits per heavy atom. The summed E-state index contributed by atoms with van der Waals surface area (Å²) in [6, 6.07) is 6.11. The molecule has 0 aliphatic rings. The van der Waals surface area contributed by atoms with E-state index in [1.807, 2.05) is 0 Å². The van der Waals surface area contributed by atoms with E-state index in [9.17, 15) is 17.2 Å². The van der Waals surface area contributed by atoms with E-state index in [0.717, 1.165) is 0 Å². The molecule has 1 rings (SSSR count). The molecule has 17 heavy (non-hydrogen) atoms. The summed E-state index contributed by atoms with van der Waals surface area (Å²) in [5.41, 5.74) is 0.200. The molecule has 0 saturated carbocycles. The van der Waals surface area contributed by atoms with Gasteiger partial charge in [-0.05, 0) is 18.6 Å². The summed E-state index contributed by atoms with van der Waals surface area (Å²) in [7, 11) is -3.45. The zero-order chi connectivity index (χ0) is 12.9. The fraction of sp³-hybridized carbons (Fsp3) is 0.400. The number of hydrogen-bond acceptors (Lipinski definition) is 3. The molecule has 0 spiro atoms. The van der Waals surface area contributed by atoms with Crippen LogP contribution in [0.25, 0.3) is 0 Å². The number of para-hydroxylation sites is 1. The first-order valence-electron chi connectivity index (χ1n) is 4.99. The zero-order valence-electron chi connectivity index (χ0n) is 9.19. The minimum atomic E-state index is -3.45. The average Bonchev–Trinajstić information content (AvgIpc) is 2.19. The average molecular weight is 281 g/mol. The van der Waals surface area contributed by atoms with Crippen LogP contribution < -0.4 is 4.72 Å². The van der Waals surface area contributed by atoms with Crippen LogP contribution in [0.1, 0.15) is 13.3 Å². The van der Waals surface area contributed by atoms with Crippen molar-refractivity contribution in [1.29, 1.82) is 0 Å². The second-order valence-corrected chi connectivity index (χ2v) is 6.17. The van der Waals surface area contributed by atoms with E-state index in [2.05, 4.69) is 4.72 Å². The minimum absolute atomic E-state index is 0.0271.